The highest BCUT2D eigenvalue weighted by Crippen LogP contribution is 2.31. The van der Waals surface area contributed by atoms with Gasteiger partial charge in [-0.05, 0) is 43.2 Å². The molecule has 3 aromatic rings. The topological polar surface area (TPSA) is 336 Å². The molecule has 49 heavy (non-hydrogen) atoms. The Morgan fingerprint density at radius 3 is 1.84 bits per heavy atom. The zero-order chi connectivity index (χ0) is 37.3. The molecule has 3 aromatic carbocycles. The Balaban J connectivity index is 2.18. The molecule has 0 fully saturated rings. The molecule has 0 aliphatic heterocycles. The molecule has 0 aliphatic rings. The highest BCUT2D eigenvalue weighted by atomic mass is 32.3. The molecule has 0 heterocycles. The van der Waals surface area contributed by atoms with E-state index in [1.54, 1.807) is 0 Å². The lowest BCUT2D eigenvalue weighted by Gasteiger charge is -2.13. The summed E-state index contributed by atoms with van der Waals surface area (Å²) < 4.78 is 131. The van der Waals surface area contributed by atoms with Crippen LogP contribution in [0.25, 0.3) is 0 Å². The summed E-state index contributed by atoms with van der Waals surface area (Å²) in [5, 5.41) is 14.8. The number of aryl methyl sites for hydroxylation is 2. The third-order valence-corrected chi connectivity index (χ3v) is 10.4. The van der Waals surface area contributed by atoms with Crippen LogP contribution in [0.5, 0.6) is 5.75 Å². The predicted molar refractivity (Wildman–Crippen MR) is 165 cm³/mol. The Labute approximate surface area is 276 Å². The first-order chi connectivity index (χ1) is 22.4. The second-order valence-corrected chi connectivity index (χ2v) is 15.6. The molecular formula is C24H24N4O17S4. The van der Waals surface area contributed by atoms with Crippen molar-refractivity contribution in [3.63, 3.8) is 0 Å². The standard InChI is InChI=1S/C24H24N4O17S4/c1-11-6-14(17(44-3)10-18(11)46(33,34)5-4-45-49(41,42)43)25-27-21-13(24(31)32)8-16(29)22(23(21)30)28-26-15-9-19(47(35,36)37)12(2)7-20(15)48(38,39)40/h6-10,25-26H,4-5H2,1-3H3,(H,31,32)(H,35,36,37)(H,38,39,40)(H,41,42,43). The number of carboxylic acid groups (broad SMARTS) is 1. The number of carboxylic acids is 1. The fourth-order valence-electron chi connectivity index (χ4n) is 4.09. The summed E-state index contributed by atoms with van der Waals surface area (Å²) in [6, 6.07) is 3.72. The summed E-state index contributed by atoms with van der Waals surface area (Å²) in [4.78, 5) is 35.7. The average molecular weight is 769 g/mol. The quantitative estimate of drug-likeness (QED) is 0.0855. The second-order valence-electron chi connectivity index (χ2n) is 9.65. The minimum atomic E-state index is -5.09. The van der Waals surface area contributed by atoms with Crippen molar-refractivity contribution in [3.8, 4) is 5.75 Å². The number of hydrogen-bond donors (Lipinski definition) is 6. The number of nitrogens with zero attached hydrogens (tertiary/aromatic N) is 2. The second kappa shape index (κ2) is 14.1. The fourth-order valence-corrected chi connectivity index (χ4v) is 7.29. The number of rotatable bonds is 13. The number of carbonyl (C=O) groups is 1. The molecule has 0 saturated heterocycles. The van der Waals surface area contributed by atoms with Crippen LogP contribution in [0.2, 0.25) is 0 Å². The molecule has 25 heteroatoms. The van der Waals surface area contributed by atoms with Gasteiger partial charge in [-0.25, -0.2) is 17.4 Å². The van der Waals surface area contributed by atoms with E-state index in [1.807, 2.05) is 5.43 Å². The van der Waals surface area contributed by atoms with Crippen LogP contribution >= 0.6 is 0 Å². The Morgan fingerprint density at radius 1 is 0.755 bits per heavy atom. The van der Waals surface area contributed by atoms with Crippen molar-refractivity contribution >= 4 is 57.8 Å². The van der Waals surface area contributed by atoms with Crippen molar-refractivity contribution in [2.75, 3.05) is 30.3 Å². The molecule has 0 atom stereocenters. The average Bonchev–Trinajstić information content (AvgIpc) is 2.94. The molecule has 21 nitrogen and oxygen atoms in total. The molecule has 0 amide bonds. The van der Waals surface area contributed by atoms with E-state index in [0.717, 1.165) is 26.2 Å². The van der Waals surface area contributed by atoms with Crippen molar-refractivity contribution in [1.82, 2.24) is 0 Å². The molecule has 0 radical (unpaired) electrons. The number of nitrogens with one attached hydrogen (secondary N) is 2. The van der Waals surface area contributed by atoms with Gasteiger partial charge in [0.15, 0.2) is 15.2 Å². The summed E-state index contributed by atoms with van der Waals surface area (Å²) in [5.74, 6) is -2.94. The van der Waals surface area contributed by atoms with Crippen molar-refractivity contribution in [1.29, 1.82) is 0 Å². The summed E-state index contributed by atoms with van der Waals surface area (Å²) in [6.07, 6.45) is 0. The number of methoxy groups -OCH3 is 1. The van der Waals surface area contributed by atoms with Gasteiger partial charge in [-0.2, -0.15) is 35.5 Å². The monoisotopic (exact) mass is 768 g/mol. The third-order valence-electron chi connectivity index (χ3n) is 6.25. The van der Waals surface area contributed by atoms with Crippen molar-refractivity contribution < 1.29 is 66.2 Å². The lowest BCUT2D eigenvalue weighted by molar-refractivity contribution is 0.0694. The van der Waals surface area contributed by atoms with Gasteiger partial charge < -0.3 is 9.84 Å². The highest BCUT2D eigenvalue weighted by Gasteiger charge is 2.24. The lowest BCUT2D eigenvalue weighted by atomic mass is 10.2. The number of hydrogen-bond acceptors (Lipinski definition) is 17. The van der Waals surface area contributed by atoms with E-state index < -0.39 is 101 Å². The summed E-state index contributed by atoms with van der Waals surface area (Å²) >= 11 is 0. The number of ether oxygens (including phenoxy) is 1. The first-order valence-corrected chi connectivity index (χ1v) is 18.6. The molecule has 0 unspecified atom stereocenters. The Kier molecular flexibility index (Phi) is 11.2. The van der Waals surface area contributed by atoms with Crippen molar-refractivity contribution in [2.45, 2.75) is 28.5 Å². The largest absolute Gasteiger partial charge is 0.494 e. The van der Waals surface area contributed by atoms with Gasteiger partial charge in [0.05, 0.1) is 46.2 Å². The number of benzene rings is 3. The van der Waals surface area contributed by atoms with Gasteiger partial charge in [0.1, 0.15) is 16.0 Å². The van der Waals surface area contributed by atoms with Gasteiger partial charge in [-0.1, -0.05) is 0 Å². The maximum Gasteiger partial charge on any atom is 0.397 e. The first-order valence-electron chi connectivity index (χ1n) is 12.7. The van der Waals surface area contributed by atoms with Crippen molar-refractivity contribution in [2.24, 2.45) is 10.2 Å². The minimum Gasteiger partial charge on any atom is -0.494 e. The molecule has 0 spiro atoms. The van der Waals surface area contributed by atoms with E-state index in [0.29, 0.717) is 18.2 Å². The van der Waals surface area contributed by atoms with Crippen molar-refractivity contribution in [3.05, 3.63) is 78.2 Å². The molecule has 266 valence electrons. The van der Waals surface area contributed by atoms with E-state index in [4.69, 9.17) is 9.29 Å². The Hall–Kier alpha value is -4.63. The number of aromatic carboxylic acids is 1. The summed E-state index contributed by atoms with van der Waals surface area (Å²) in [6.45, 7) is 1.46. The number of sulfone groups is 1. The van der Waals surface area contributed by atoms with E-state index in [1.165, 1.54) is 6.92 Å². The van der Waals surface area contributed by atoms with Gasteiger partial charge in [-0.3, -0.25) is 34.1 Å². The molecule has 6 N–H and O–H groups in total. The van der Waals surface area contributed by atoms with Crippen LogP contribution in [-0.4, -0.2) is 77.9 Å². The zero-order valence-electron chi connectivity index (χ0n) is 24.9. The van der Waals surface area contributed by atoms with Crippen LogP contribution in [0.3, 0.4) is 0 Å². The predicted octanol–water partition coefficient (Wildman–Crippen LogP) is -1.45. The molecule has 0 bridgehead atoms. The Morgan fingerprint density at radius 2 is 1.31 bits per heavy atom. The maximum atomic E-state index is 13.3. The van der Waals surface area contributed by atoms with Gasteiger partial charge in [-0.15, -0.1) is 0 Å². The van der Waals surface area contributed by atoms with E-state index in [9.17, 15) is 62.3 Å². The van der Waals surface area contributed by atoms with Gasteiger partial charge in [0.25, 0.3) is 20.2 Å². The summed E-state index contributed by atoms with van der Waals surface area (Å²) in [5.41, 5.74) is -0.766. The third kappa shape index (κ3) is 9.29. The molecule has 0 saturated carbocycles. The van der Waals surface area contributed by atoms with Crippen LogP contribution in [-0.2, 0) is 44.7 Å². The molecule has 0 aromatic heterocycles. The number of anilines is 2. The van der Waals surface area contributed by atoms with Gasteiger partial charge in [0, 0.05) is 12.1 Å². The maximum absolute atomic E-state index is 13.3. The van der Waals surface area contributed by atoms with Crippen LogP contribution in [0.1, 0.15) is 21.5 Å². The van der Waals surface area contributed by atoms with E-state index in [-0.39, 0.29) is 27.5 Å². The Bertz CT molecular complexity index is 2540. The summed E-state index contributed by atoms with van der Waals surface area (Å²) in [7, 11) is -18.1. The van der Waals surface area contributed by atoms with Gasteiger partial charge >= 0.3 is 16.4 Å². The van der Waals surface area contributed by atoms with Crippen LogP contribution < -0.4 is 37.2 Å². The molecule has 3 rings (SSSR count). The molecule has 0 aliphatic carbocycles. The fraction of sp³-hybridized carbons (Fsp3) is 0.208. The molecular weight excluding hydrogens is 745 g/mol. The van der Waals surface area contributed by atoms with Crippen LogP contribution in [0, 0.1) is 13.8 Å². The highest BCUT2D eigenvalue weighted by molar-refractivity contribution is 7.91. The normalized spacial score (nSPS) is 13.3. The van der Waals surface area contributed by atoms with E-state index in [2.05, 4.69) is 19.8 Å². The van der Waals surface area contributed by atoms with E-state index >= 15 is 0 Å². The van der Waals surface area contributed by atoms with Crippen LogP contribution in [0.4, 0.5) is 11.4 Å². The first kappa shape index (κ1) is 38.8. The minimum absolute atomic E-state index is 0.0120. The smallest absolute Gasteiger partial charge is 0.397 e. The zero-order valence-corrected chi connectivity index (χ0v) is 28.2. The van der Waals surface area contributed by atoms with Gasteiger partial charge in [0.2, 0.25) is 10.9 Å². The SMILES string of the molecule is COc1cc(S(=O)(=O)CCOS(=O)(=O)O)c(C)cc1NN=c1c(C(=O)O)cc(=O)c(=NNc2cc(S(=O)(=O)O)c(C)cc2S(=O)(=O)O)c1=O. The van der Waals surface area contributed by atoms with Crippen LogP contribution in [0.15, 0.2) is 64.8 Å². The lowest BCUT2D eigenvalue weighted by Crippen LogP contribution is -2.50.